The van der Waals surface area contributed by atoms with E-state index in [0.29, 0.717) is 11.7 Å². The summed E-state index contributed by atoms with van der Waals surface area (Å²) < 4.78 is 0. The van der Waals surface area contributed by atoms with Crippen LogP contribution in [0.1, 0.15) is 57.8 Å². The summed E-state index contributed by atoms with van der Waals surface area (Å²) in [4.78, 5) is 17.5. The molecule has 3 fully saturated rings. The number of hydrogen-bond donors (Lipinski definition) is 0. The van der Waals surface area contributed by atoms with Crippen molar-refractivity contribution in [1.29, 1.82) is 0 Å². The number of Topliss-reactive ketones (excluding diaryl/α,β-unsaturated/α-hetero) is 1. The van der Waals surface area contributed by atoms with Crippen molar-refractivity contribution >= 4 is 5.78 Å². The highest BCUT2D eigenvalue weighted by Crippen LogP contribution is 2.26. The third-order valence-electron chi connectivity index (χ3n) is 5.59. The van der Waals surface area contributed by atoms with Gasteiger partial charge in [0.05, 0.1) is 6.54 Å². The fourth-order valence-electron chi connectivity index (χ4n) is 4.31. The maximum Gasteiger partial charge on any atom is 0.149 e. The minimum absolute atomic E-state index is 0.387. The number of piperidine rings is 1. The van der Waals surface area contributed by atoms with E-state index in [2.05, 4.69) is 9.80 Å². The second kappa shape index (κ2) is 7.04. The second-order valence-electron chi connectivity index (χ2n) is 7.08. The summed E-state index contributed by atoms with van der Waals surface area (Å²) in [5.41, 5.74) is 0. The number of ketones is 1. The van der Waals surface area contributed by atoms with E-state index in [4.69, 9.17) is 0 Å². The summed E-state index contributed by atoms with van der Waals surface area (Å²) in [6.07, 6.45) is 11.6. The van der Waals surface area contributed by atoms with Gasteiger partial charge >= 0.3 is 0 Å². The van der Waals surface area contributed by atoms with Gasteiger partial charge in [-0.2, -0.15) is 0 Å². The van der Waals surface area contributed by atoms with Crippen molar-refractivity contribution in [3.05, 3.63) is 0 Å². The third-order valence-corrected chi connectivity index (χ3v) is 5.59. The molecular formula is C17H30N2O. The van der Waals surface area contributed by atoms with Gasteiger partial charge in [-0.05, 0) is 45.2 Å². The van der Waals surface area contributed by atoms with E-state index >= 15 is 0 Å². The molecule has 1 atom stereocenters. The molecule has 0 aromatic carbocycles. The van der Waals surface area contributed by atoms with Gasteiger partial charge < -0.3 is 0 Å². The Bertz CT molecular complexity index is 319. The van der Waals surface area contributed by atoms with Gasteiger partial charge in [-0.1, -0.05) is 25.7 Å². The molecule has 2 saturated heterocycles. The second-order valence-corrected chi connectivity index (χ2v) is 7.08. The monoisotopic (exact) mass is 278 g/mol. The first kappa shape index (κ1) is 14.5. The Morgan fingerprint density at radius 3 is 2.30 bits per heavy atom. The van der Waals surface area contributed by atoms with Crippen LogP contribution in [0.15, 0.2) is 0 Å². The molecule has 1 aliphatic carbocycles. The van der Waals surface area contributed by atoms with E-state index in [1.54, 1.807) is 0 Å². The summed E-state index contributed by atoms with van der Waals surface area (Å²) in [5, 5.41) is 0. The first-order valence-electron chi connectivity index (χ1n) is 8.82. The average Bonchev–Trinajstić information content (AvgIpc) is 2.97. The largest absolute Gasteiger partial charge is 0.299 e. The van der Waals surface area contributed by atoms with Crippen molar-refractivity contribution in [1.82, 2.24) is 9.80 Å². The summed E-state index contributed by atoms with van der Waals surface area (Å²) >= 11 is 0. The van der Waals surface area contributed by atoms with E-state index in [1.165, 1.54) is 58.0 Å². The summed E-state index contributed by atoms with van der Waals surface area (Å²) in [5.74, 6) is 0.918. The van der Waals surface area contributed by atoms with Crippen LogP contribution < -0.4 is 0 Å². The van der Waals surface area contributed by atoms with Gasteiger partial charge in [-0.15, -0.1) is 0 Å². The Balaban J connectivity index is 1.43. The highest BCUT2D eigenvalue weighted by molar-refractivity contribution is 5.83. The number of nitrogens with zero attached hydrogens (tertiary/aromatic N) is 2. The third kappa shape index (κ3) is 3.62. The molecule has 2 heterocycles. The van der Waals surface area contributed by atoms with Gasteiger partial charge in [-0.25, -0.2) is 0 Å². The lowest BCUT2D eigenvalue weighted by Gasteiger charge is -2.32. The predicted molar refractivity (Wildman–Crippen MR) is 81.9 cm³/mol. The van der Waals surface area contributed by atoms with E-state index in [9.17, 15) is 4.79 Å². The molecule has 0 spiro atoms. The molecule has 3 rings (SSSR count). The molecule has 0 aromatic heterocycles. The minimum Gasteiger partial charge on any atom is -0.299 e. The lowest BCUT2D eigenvalue weighted by molar-refractivity contribution is -0.124. The number of likely N-dealkylation sites (tertiary alicyclic amines) is 2. The number of rotatable bonds is 4. The van der Waals surface area contributed by atoms with Crippen LogP contribution in [0.2, 0.25) is 0 Å². The molecule has 3 aliphatic rings. The molecule has 0 aromatic rings. The van der Waals surface area contributed by atoms with E-state index in [1.807, 2.05) is 0 Å². The maximum absolute atomic E-state index is 12.4. The van der Waals surface area contributed by atoms with Crippen LogP contribution in [-0.2, 0) is 4.79 Å². The molecule has 0 radical (unpaired) electrons. The van der Waals surface area contributed by atoms with Crippen molar-refractivity contribution in [2.24, 2.45) is 5.92 Å². The smallest absolute Gasteiger partial charge is 0.149 e. The highest BCUT2D eigenvalue weighted by atomic mass is 16.1. The van der Waals surface area contributed by atoms with Crippen LogP contribution in [0, 0.1) is 5.92 Å². The van der Waals surface area contributed by atoms with Crippen molar-refractivity contribution < 1.29 is 4.79 Å². The van der Waals surface area contributed by atoms with Crippen LogP contribution in [0.4, 0.5) is 0 Å². The molecule has 1 saturated carbocycles. The first-order valence-corrected chi connectivity index (χ1v) is 8.82. The number of carbonyl (C=O) groups excluding carboxylic acids is 1. The zero-order valence-corrected chi connectivity index (χ0v) is 12.9. The van der Waals surface area contributed by atoms with Gasteiger partial charge in [0.25, 0.3) is 0 Å². The number of hydrogen-bond acceptors (Lipinski definition) is 3. The van der Waals surface area contributed by atoms with Crippen LogP contribution in [0.3, 0.4) is 0 Å². The van der Waals surface area contributed by atoms with Crippen LogP contribution >= 0.6 is 0 Å². The minimum atomic E-state index is 0.387. The first-order chi connectivity index (χ1) is 9.83. The molecule has 3 heteroatoms. The number of carbonyl (C=O) groups is 1. The standard InChI is InChI=1S/C17H30N2O/c20-17(15-7-3-1-4-8-15)14-18-12-9-16(13-18)19-10-5-2-6-11-19/h15-16H,1-14H2. The van der Waals surface area contributed by atoms with Gasteiger partial charge in [0.15, 0.2) is 0 Å². The Hall–Kier alpha value is -0.410. The Morgan fingerprint density at radius 2 is 1.55 bits per heavy atom. The van der Waals surface area contributed by atoms with E-state index in [-0.39, 0.29) is 0 Å². The molecule has 0 N–H and O–H groups in total. The molecule has 2 aliphatic heterocycles. The van der Waals surface area contributed by atoms with Gasteiger partial charge in [-0.3, -0.25) is 14.6 Å². The Morgan fingerprint density at radius 1 is 0.850 bits per heavy atom. The lowest BCUT2D eigenvalue weighted by Crippen LogP contribution is -2.41. The fourth-order valence-corrected chi connectivity index (χ4v) is 4.31. The lowest BCUT2D eigenvalue weighted by atomic mass is 9.86. The van der Waals surface area contributed by atoms with E-state index < -0.39 is 0 Å². The average molecular weight is 278 g/mol. The molecule has 3 nitrogen and oxygen atoms in total. The quantitative estimate of drug-likeness (QED) is 0.790. The SMILES string of the molecule is O=C(CN1CCC(N2CCCCC2)C1)C1CCCCC1. The zero-order valence-electron chi connectivity index (χ0n) is 12.9. The van der Waals surface area contributed by atoms with Crippen LogP contribution in [-0.4, -0.2) is 54.3 Å². The fraction of sp³-hybridized carbons (Fsp3) is 0.941. The van der Waals surface area contributed by atoms with Crippen LogP contribution in [0.25, 0.3) is 0 Å². The van der Waals surface area contributed by atoms with Crippen LogP contribution in [0.5, 0.6) is 0 Å². The van der Waals surface area contributed by atoms with Crippen molar-refractivity contribution in [3.63, 3.8) is 0 Å². The summed E-state index contributed by atoms with van der Waals surface area (Å²) in [6, 6.07) is 0.731. The van der Waals surface area contributed by atoms with Gasteiger partial charge in [0.2, 0.25) is 0 Å². The molecule has 0 amide bonds. The molecule has 0 bridgehead atoms. The maximum atomic E-state index is 12.4. The highest BCUT2D eigenvalue weighted by Gasteiger charge is 2.30. The Kier molecular flexibility index (Phi) is 5.11. The summed E-state index contributed by atoms with van der Waals surface area (Å²) in [6.45, 7) is 5.58. The molecule has 20 heavy (non-hydrogen) atoms. The summed E-state index contributed by atoms with van der Waals surface area (Å²) in [7, 11) is 0. The topological polar surface area (TPSA) is 23.6 Å². The van der Waals surface area contributed by atoms with Gasteiger partial charge in [0.1, 0.15) is 5.78 Å². The van der Waals surface area contributed by atoms with Crippen molar-refractivity contribution in [2.75, 3.05) is 32.7 Å². The van der Waals surface area contributed by atoms with Gasteiger partial charge in [0, 0.05) is 25.0 Å². The Labute approximate surface area is 123 Å². The van der Waals surface area contributed by atoms with E-state index in [0.717, 1.165) is 38.5 Å². The molecular weight excluding hydrogens is 248 g/mol. The predicted octanol–water partition coefficient (Wildman–Crippen LogP) is 2.70. The molecule has 114 valence electrons. The normalized spacial score (nSPS) is 30.7. The van der Waals surface area contributed by atoms with Crippen molar-refractivity contribution in [2.45, 2.75) is 63.8 Å². The zero-order chi connectivity index (χ0) is 13.8. The van der Waals surface area contributed by atoms with Crippen molar-refractivity contribution in [3.8, 4) is 0 Å². The molecule has 1 unspecified atom stereocenters.